The van der Waals surface area contributed by atoms with Crippen molar-refractivity contribution in [2.75, 3.05) is 6.54 Å². The summed E-state index contributed by atoms with van der Waals surface area (Å²) in [6.45, 7) is 2.08. The topological polar surface area (TPSA) is 16.1 Å². The molecule has 1 fully saturated rings. The number of likely N-dealkylation sites (tertiary alicyclic amines) is 1. The summed E-state index contributed by atoms with van der Waals surface area (Å²) in [5, 5.41) is 0.811. The van der Waals surface area contributed by atoms with Crippen LogP contribution in [0.1, 0.15) is 30.1 Å². The van der Waals surface area contributed by atoms with Crippen LogP contribution in [-0.4, -0.2) is 16.4 Å². The van der Waals surface area contributed by atoms with Crippen molar-refractivity contribution in [3.05, 3.63) is 64.9 Å². The Morgan fingerprint density at radius 3 is 2.95 bits per heavy atom. The van der Waals surface area contributed by atoms with E-state index in [4.69, 9.17) is 11.6 Å². The fourth-order valence-electron chi connectivity index (χ4n) is 2.79. The van der Waals surface area contributed by atoms with E-state index in [9.17, 15) is 0 Å². The average Bonchev–Trinajstić information content (AvgIpc) is 2.88. The zero-order valence-electron chi connectivity index (χ0n) is 10.8. The van der Waals surface area contributed by atoms with Gasteiger partial charge in [-0.25, -0.2) is 0 Å². The predicted octanol–water partition coefficient (Wildman–Crippen LogP) is 4.07. The first-order chi connectivity index (χ1) is 9.33. The van der Waals surface area contributed by atoms with E-state index in [1.165, 1.54) is 24.1 Å². The first-order valence-electron chi connectivity index (χ1n) is 6.72. The van der Waals surface area contributed by atoms with Gasteiger partial charge in [-0.3, -0.25) is 9.88 Å². The lowest BCUT2D eigenvalue weighted by Crippen LogP contribution is -2.23. The van der Waals surface area contributed by atoms with Gasteiger partial charge in [0, 0.05) is 17.8 Å². The molecule has 98 valence electrons. The van der Waals surface area contributed by atoms with Crippen molar-refractivity contribution in [3.63, 3.8) is 0 Å². The summed E-state index contributed by atoms with van der Waals surface area (Å²) in [7, 11) is 0. The highest BCUT2D eigenvalue weighted by molar-refractivity contribution is 6.30. The summed E-state index contributed by atoms with van der Waals surface area (Å²) in [6, 6.07) is 14.7. The van der Waals surface area contributed by atoms with E-state index < -0.39 is 0 Å². The average molecular weight is 273 g/mol. The third kappa shape index (κ3) is 2.96. The fourth-order valence-corrected chi connectivity index (χ4v) is 3.01. The number of hydrogen-bond acceptors (Lipinski definition) is 2. The smallest absolute Gasteiger partial charge is 0.0575 e. The number of hydrogen-bond donors (Lipinski definition) is 0. The highest BCUT2D eigenvalue weighted by Gasteiger charge is 2.26. The van der Waals surface area contributed by atoms with E-state index in [-0.39, 0.29) is 0 Å². The molecule has 1 saturated heterocycles. The molecule has 1 aromatic carbocycles. The maximum atomic E-state index is 6.05. The number of nitrogens with zero attached hydrogens (tertiary/aromatic N) is 2. The van der Waals surface area contributed by atoms with E-state index in [0.29, 0.717) is 6.04 Å². The second-order valence-electron chi connectivity index (χ2n) is 5.01. The molecule has 3 heteroatoms. The Labute approximate surface area is 119 Å². The Morgan fingerprint density at radius 1 is 1.21 bits per heavy atom. The van der Waals surface area contributed by atoms with Gasteiger partial charge < -0.3 is 0 Å². The van der Waals surface area contributed by atoms with E-state index >= 15 is 0 Å². The van der Waals surface area contributed by atoms with Crippen molar-refractivity contribution < 1.29 is 0 Å². The molecule has 0 N–H and O–H groups in total. The summed E-state index contributed by atoms with van der Waals surface area (Å²) in [5.41, 5.74) is 2.46. The molecule has 1 aromatic heterocycles. The molecule has 1 unspecified atom stereocenters. The van der Waals surface area contributed by atoms with Gasteiger partial charge in [-0.15, -0.1) is 0 Å². The zero-order valence-corrected chi connectivity index (χ0v) is 11.6. The zero-order chi connectivity index (χ0) is 13.1. The molecule has 0 amide bonds. The van der Waals surface area contributed by atoms with Gasteiger partial charge in [0.05, 0.1) is 11.7 Å². The lowest BCUT2D eigenvalue weighted by molar-refractivity contribution is 0.244. The molecule has 1 atom stereocenters. The van der Waals surface area contributed by atoms with Gasteiger partial charge in [-0.2, -0.15) is 0 Å². The van der Waals surface area contributed by atoms with Gasteiger partial charge in [0.1, 0.15) is 0 Å². The quantitative estimate of drug-likeness (QED) is 0.837. The maximum absolute atomic E-state index is 6.05. The minimum Gasteiger partial charge on any atom is -0.291 e. The van der Waals surface area contributed by atoms with Crippen LogP contribution in [0.5, 0.6) is 0 Å². The van der Waals surface area contributed by atoms with E-state index in [0.717, 1.165) is 18.1 Å². The number of aromatic nitrogens is 1. The third-order valence-electron chi connectivity index (χ3n) is 3.67. The molecule has 0 bridgehead atoms. The molecule has 0 aliphatic carbocycles. The van der Waals surface area contributed by atoms with Gasteiger partial charge in [0.15, 0.2) is 0 Å². The second-order valence-corrected chi connectivity index (χ2v) is 5.45. The van der Waals surface area contributed by atoms with Crippen LogP contribution in [0.25, 0.3) is 0 Å². The van der Waals surface area contributed by atoms with Crippen LogP contribution in [0, 0.1) is 0 Å². The van der Waals surface area contributed by atoms with Crippen LogP contribution in [0.2, 0.25) is 5.02 Å². The maximum Gasteiger partial charge on any atom is 0.0575 e. The van der Waals surface area contributed by atoms with Gasteiger partial charge in [0.25, 0.3) is 0 Å². The summed E-state index contributed by atoms with van der Waals surface area (Å²) in [4.78, 5) is 7.00. The minimum atomic E-state index is 0.445. The highest BCUT2D eigenvalue weighted by Crippen LogP contribution is 2.32. The number of benzene rings is 1. The number of pyridine rings is 1. The molecule has 0 saturated carbocycles. The van der Waals surface area contributed by atoms with Crippen molar-refractivity contribution in [3.8, 4) is 0 Å². The minimum absolute atomic E-state index is 0.445. The summed E-state index contributed by atoms with van der Waals surface area (Å²) >= 11 is 6.05. The molecule has 0 spiro atoms. The van der Waals surface area contributed by atoms with Crippen LogP contribution in [0.4, 0.5) is 0 Å². The van der Waals surface area contributed by atoms with Crippen LogP contribution >= 0.6 is 11.6 Å². The van der Waals surface area contributed by atoms with Crippen molar-refractivity contribution in [1.29, 1.82) is 0 Å². The molecular weight excluding hydrogens is 256 g/mol. The molecular formula is C16H17ClN2. The van der Waals surface area contributed by atoms with Crippen LogP contribution in [0.3, 0.4) is 0 Å². The van der Waals surface area contributed by atoms with Gasteiger partial charge >= 0.3 is 0 Å². The van der Waals surface area contributed by atoms with E-state index in [2.05, 4.69) is 34.1 Å². The summed E-state index contributed by atoms with van der Waals surface area (Å²) < 4.78 is 0. The molecule has 3 rings (SSSR count). The van der Waals surface area contributed by atoms with Gasteiger partial charge in [0.2, 0.25) is 0 Å². The Bertz CT molecular complexity index is 541. The first kappa shape index (κ1) is 12.6. The van der Waals surface area contributed by atoms with Crippen molar-refractivity contribution in [2.24, 2.45) is 0 Å². The predicted molar refractivity (Wildman–Crippen MR) is 78.1 cm³/mol. The van der Waals surface area contributed by atoms with Crippen LogP contribution < -0.4 is 0 Å². The molecule has 1 aliphatic heterocycles. The Kier molecular flexibility index (Phi) is 3.81. The molecule has 0 radical (unpaired) electrons. The Morgan fingerprint density at radius 2 is 2.16 bits per heavy atom. The van der Waals surface area contributed by atoms with Crippen molar-refractivity contribution >= 4 is 11.6 Å². The molecule has 2 nitrogen and oxygen atoms in total. The van der Waals surface area contributed by atoms with Crippen LogP contribution in [0.15, 0.2) is 48.7 Å². The molecule has 2 aromatic rings. The largest absolute Gasteiger partial charge is 0.291 e. The summed E-state index contributed by atoms with van der Waals surface area (Å²) in [5.74, 6) is 0. The Balaban J connectivity index is 1.77. The lowest BCUT2D eigenvalue weighted by Gasteiger charge is -2.24. The Hall–Kier alpha value is -1.38. The molecule has 1 aliphatic rings. The monoisotopic (exact) mass is 272 g/mol. The van der Waals surface area contributed by atoms with Crippen molar-refractivity contribution in [1.82, 2.24) is 9.88 Å². The molecule has 2 heterocycles. The normalized spacial score (nSPS) is 19.7. The number of halogens is 1. The van der Waals surface area contributed by atoms with E-state index in [1.54, 1.807) is 0 Å². The van der Waals surface area contributed by atoms with Gasteiger partial charge in [-0.1, -0.05) is 29.8 Å². The number of rotatable bonds is 3. The fraction of sp³-hybridized carbons (Fsp3) is 0.312. The van der Waals surface area contributed by atoms with Gasteiger partial charge in [-0.05, 0) is 49.2 Å². The SMILES string of the molecule is Clc1cccc(CN2CCCC2c2ccccn2)c1. The standard InChI is InChI=1S/C16H17ClN2/c17-14-6-3-5-13(11-14)12-19-10-4-8-16(19)15-7-1-2-9-18-15/h1-3,5-7,9,11,16H,4,8,10,12H2. The van der Waals surface area contributed by atoms with E-state index in [1.807, 2.05) is 24.4 Å². The van der Waals surface area contributed by atoms with Crippen molar-refractivity contribution in [2.45, 2.75) is 25.4 Å². The lowest BCUT2D eigenvalue weighted by atomic mass is 10.1. The first-order valence-corrected chi connectivity index (χ1v) is 7.10. The highest BCUT2D eigenvalue weighted by atomic mass is 35.5. The summed E-state index contributed by atoms with van der Waals surface area (Å²) in [6.07, 6.45) is 4.31. The second kappa shape index (κ2) is 5.72. The third-order valence-corrected chi connectivity index (χ3v) is 3.90. The van der Waals surface area contributed by atoms with Crippen LogP contribution in [-0.2, 0) is 6.54 Å². The molecule has 19 heavy (non-hydrogen) atoms.